The van der Waals surface area contributed by atoms with E-state index in [0.717, 1.165) is 42.9 Å². The molecule has 2 aromatic carbocycles. The maximum Gasteiger partial charge on any atom is 0.227 e. The summed E-state index contributed by atoms with van der Waals surface area (Å²) in [6.07, 6.45) is 1.40. The number of anilines is 1. The van der Waals surface area contributed by atoms with Crippen molar-refractivity contribution in [1.29, 1.82) is 0 Å². The van der Waals surface area contributed by atoms with E-state index in [-0.39, 0.29) is 17.0 Å². The topological polar surface area (TPSA) is 45.9 Å². The van der Waals surface area contributed by atoms with Crippen molar-refractivity contribution in [3.63, 3.8) is 0 Å². The molecule has 0 amide bonds. The molecule has 0 bridgehead atoms. The monoisotopic (exact) mass is 422 g/mol. The molecule has 5 nitrogen and oxygen atoms in total. The maximum atomic E-state index is 14.0. The Morgan fingerprint density at radius 3 is 2.55 bits per heavy atom. The van der Waals surface area contributed by atoms with Crippen LogP contribution >= 0.6 is 0 Å². The molecule has 1 fully saturated rings. The van der Waals surface area contributed by atoms with Crippen LogP contribution in [0.5, 0.6) is 5.75 Å². The number of piperazine rings is 1. The van der Waals surface area contributed by atoms with Gasteiger partial charge in [0.2, 0.25) is 11.2 Å². The summed E-state index contributed by atoms with van der Waals surface area (Å²) in [4.78, 5) is 16.7. The fraction of sp³-hybridized carbons (Fsp3) is 0.320. The van der Waals surface area contributed by atoms with E-state index in [1.807, 2.05) is 30.9 Å². The molecule has 6 heteroatoms. The van der Waals surface area contributed by atoms with Crippen molar-refractivity contribution < 1.29 is 13.5 Å². The number of benzene rings is 2. The highest BCUT2D eigenvalue weighted by atomic mass is 19.1. The first kappa shape index (κ1) is 21.1. The SMILES string of the molecule is Cc1ccc(C)c(COc2coc(CN3CCN(c4ccccc4F)CC3)cc2=O)c1. The minimum Gasteiger partial charge on any atom is -0.482 e. The number of rotatable bonds is 6. The van der Waals surface area contributed by atoms with Crippen molar-refractivity contribution in [1.82, 2.24) is 4.90 Å². The number of ether oxygens (including phenoxy) is 1. The van der Waals surface area contributed by atoms with Gasteiger partial charge in [-0.15, -0.1) is 0 Å². The van der Waals surface area contributed by atoms with E-state index in [4.69, 9.17) is 9.15 Å². The van der Waals surface area contributed by atoms with Crippen molar-refractivity contribution in [2.24, 2.45) is 0 Å². The molecule has 1 saturated heterocycles. The molecule has 0 radical (unpaired) electrons. The number of para-hydroxylation sites is 1. The highest BCUT2D eigenvalue weighted by Gasteiger charge is 2.20. The molecule has 162 valence electrons. The summed E-state index contributed by atoms with van der Waals surface area (Å²) in [7, 11) is 0. The quantitative estimate of drug-likeness (QED) is 0.593. The molecule has 1 aliphatic rings. The number of halogens is 1. The molecule has 1 aliphatic heterocycles. The number of hydrogen-bond acceptors (Lipinski definition) is 5. The molecule has 31 heavy (non-hydrogen) atoms. The lowest BCUT2D eigenvalue weighted by molar-refractivity contribution is 0.224. The van der Waals surface area contributed by atoms with Crippen molar-refractivity contribution in [3.05, 3.63) is 93.3 Å². The van der Waals surface area contributed by atoms with Crippen LogP contribution in [0.15, 0.2) is 64.0 Å². The van der Waals surface area contributed by atoms with Crippen molar-refractivity contribution >= 4 is 5.69 Å². The van der Waals surface area contributed by atoms with Gasteiger partial charge >= 0.3 is 0 Å². The summed E-state index contributed by atoms with van der Waals surface area (Å²) >= 11 is 0. The third-order valence-electron chi connectivity index (χ3n) is 5.68. The average Bonchev–Trinajstić information content (AvgIpc) is 2.76. The van der Waals surface area contributed by atoms with E-state index in [2.05, 4.69) is 17.0 Å². The third kappa shape index (κ3) is 5.14. The predicted molar refractivity (Wildman–Crippen MR) is 119 cm³/mol. The van der Waals surface area contributed by atoms with Crippen LogP contribution in [-0.4, -0.2) is 31.1 Å². The normalized spacial score (nSPS) is 14.6. The summed E-state index contributed by atoms with van der Waals surface area (Å²) in [6, 6.07) is 14.5. The molecule has 3 aromatic rings. The Morgan fingerprint density at radius 2 is 1.81 bits per heavy atom. The summed E-state index contributed by atoms with van der Waals surface area (Å²) in [5.74, 6) is 0.621. The second-order valence-electron chi connectivity index (χ2n) is 8.01. The second-order valence-corrected chi connectivity index (χ2v) is 8.01. The second kappa shape index (κ2) is 9.35. The van der Waals surface area contributed by atoms with Crippen LogP contribution in [0.1, 0.15) is 22.5 Å². The third-order valence-corrected chi connectivity index (χ3v) is 5.68. The largest absolute Gasteiger partial charge is 0.482 e. The minimum absolute atomic E-state index is 0.184. The molecule has 4 rings (SSSR count). The Balaban J connectivity index is 1.33. The molecule has 0 spiro atoms. The zero-order chi connectivity index (χ0) is 21.8. The fourth-order valence-electron chi connectivity index (χ4n) is 3.81. The Bertz CT molecular complexity index is 1100. The molecule has 2 heterocycles. The van der Waals surface area contributed by atoms with E-state index in [9.17, 15) is 9.18 Å². The molecular weight excluding hydrogens is 395 g/mol. The summed E-state index contributed by atoms with van der Waals surface area (Å²) in [5.41, 5.74) is 3.79. The lowest BCUT2D eigenvalue weighted by Gasteiger charge is -2.35. The first-order valence-corrected chi connectivity index (χ1v) is 10.5. The molecule has 0 atom stereocenters. The number of aryl methyl sites for hydroxylation is 2. The Hall–Kier alpha value is -3.12. The van der Waals surface area contributed by atoms with Gasteiger partial charge in [0.15, 0.2) is 0 Å². The lowest BCUT2D eigenvalue weighted by Crippen LogP contribution is -2.46. The van der Waals surface area contributed by atoms with Gasteiger partial charge in [0, 0.05) is 32.2 Å². The summed E-state index contributed by atoms with van der Waals surface area (Å²) < 4.78 is 25.4. The van der Waals surface area contributed by atoms with Gasteiger partial charge in [-0.2, -0.15) is 0 Å². The molecule has 0 N–H and O–H groups in total. The zero-order valence-corrected chi connectivity index (χ0v) is 17.9. The van der Waals surface area contributed by atoms with Gasteiger partial charge in [0.05, 0.1) is 12.2 Å². The Morgan fingerprint density at radius 1 is 1.03 bits per heavy atom. The van der Waals surface area contributed by atoms with Gasteiger partial charge in [-0.25, -0.2) is 4.39 Å². The van der Waals surface area contributed by atoms with E-state index in [0.29, 0.717) is 24.6 Å². The first-order chi connectivity index (χ1) is 15.0. The Labute approximate surface area is 181 Å². The molecule has 0 unspecified atom stereocenters. The summed E-state index contributed by atoms with van der Waals surface area (Å²) in [5, 5.41) is 0. The summed E-state index contributed by atoms with van der Waals surface area (Å²) in [6.45, 7) is 7.90. The molecule has 1 aromatic heterocycles. The van der Waals surface area contributed by atoms with Crippen LogP contribution < -0.4 is 15.1 Å². The van der Waals surface area contributed by atoms with Gasteiger partial charge in [0.25, 0.3) is 0 Å². The smallest absolute Gasteiger partial charge is 0.227 e. The standard InChI is InChI=1S/C25H27FN2O3/c1-18-7-8-19(2)20(13-18)16-31-25-17-30-21(14-24(25)29)15-27-9-11-28(12-10-27)23-6-4-3-5-22(23)26/h3-8,13-14,17H,9-12,15-16H2,1-2H3. The van der Waals surface area contributed by atoms with Crippen molar-refractivity contribution in [2.45, 2.75) is 27.0 Å². The van der Waals surface area contributed by atoms with Crippen LogP contribution in [0.3, 0.4) is 0 Å². The number of hydrogen-bond donors (Lipinski definition) is 0. The van der Waals surface area contributed by atoms with Crippen LogP contribution in [0, 0.1) is 19.7 Å². The Kier molecular flexibility index (Phi) is 6.37. The van der Waals surface area contributed by atoms with Gasteiger partial charge in [-0.05, 0) is 37.1 Å². The van der Waals surface area contributed by atoms with E-state index in [1.54, 1.807) is 12.1 Å². The zero-order valence-electron chi connectivity index (χ0n) is 17.9. The van der Waals surface area contributed by atoms with Crippen LogP contribution in [-0.2, 0) is 13.2 Å². The predicted octanol–water partition coefficient (Wildman–Crippen LogP) is 4.30. The molecular formula is C25H27FN2O3. The lowest BCUT2D eigenvalue weighted by atomic mass is 10.1. The molecule has 0 aliphatic carbocycles. The minimum atomic E-state index is -0.196. The van der Waals surface area contributed by atoms with Crippen LogP contribution in [0.2, 0.25) is 0 Å². The number of nitrogens with zero attached hydrogens (tertiary/aromatic N) is 2. The van der Waals surface area contributed by atoms with Crippen molar-refractivity contribution in [3.8, 4) is 5.75 Å². The van der Waals surface area contributed by atoms with Gasteiger partial charge in [-0.1, -0.05) is 35.9 Å². The van der Waals surface area contributed by atoms with Gasteiger partial charge in [-0.3, -0.25) is 9.69 Å². The van der Waals surface area contributed by atoms with Gasteiger partial charge in [0.1, 0.15) is 24.4 Å². The van der Waals surface area contributed by atoms with Crippen molar-refractivity contribution in [2.75, 3.05) is 31.1 Å². The van der Waals surface area contributed by atoms with E-state index >= 15 is 0 Å². The fourth-order valence-corrected chi connectivity index (χ4v) is 3.81. The first-order valence-electron chi connectivity index (χ1n) is 10.5. The highest BCUT2D eigenvalue weighted by molar-refractivity contribution is 5.48. The van der Waals surface area contributed by atoms with E-state index < -0.39 is 0 Å². The highest BCUT2D eigenvalue weighted by Crippen LogP contribution is 2.21. The van der Waals surface area contributed by atoms with Gasteiger partial charge < -0.3 is 14.1 Å². The molecule has 0 saturated carbocycles. The van der Waals surface area contributed by atoms with E-state index in [1.165, 1.54) is 18.4 Å². The van der Waals surface area contributed by atoms with Crippen LogP contribution in [0.4, 0.5) is 10.1 Å². The van der Waals surface area contributed by atoms with Crippen LogP contribution in [0.25, 0.3) is 0 Å². The average molecular weight is 423 g/mol. The maximum absolute atomic E-state index is 14.0.